The van der Waals surface area contributed by atoms with Crippen LogP contribution >= 0.6 is 0 Å². The van der Waals surface area contributed by atoms with Crippen molar-refractivity contribution < 1.29 is 27.4 Å². The summed E-state index contributed by atoms with van der Waals surface area (Å²) in [5.74, 6) is 1.88. The molecule has 1 spiro atoms. The number of fused-ring (bicyclic) bond motifs is 3. The molecule has 0 bridgehead atoms. The lowest BCUT2D eigenvalue weighted by molar-refractivity contribution is -0.118. The lowest BCUT2D eigenvalue weighted by Gasteiger charge is -2.26. The monoisotopic (exact) mass is 576 g/mol. The van der Waals surface area contributed by atoms with Crippen LogP contribution in [0.2, 0.25) is 0 Å². The molecule has 2 atom stereocenters. The lowest BCUT2D eigenvalue weighted by atomic mass is 9.91. The molecule has 0 radical (unpaired) electrons. The fourth-order valence-corrected chi connectivity index (χ4v) is 7.28. The molecule has 12 nitrogen and oxygen atoms in total. The van der Waals surface area contributed by atoms with Gasteiger partial charge < -0.3 is 24.8 Å². The van der Waals surface area contributed by atoms with Gasteiger partial charge in [-0.3, -0.25) is 9.89 Å². The average molecular weight is 577 g/mol. The first-order chi connectivity index (χ1) is 19.8. The summed E-state index contributed by atoms with van der Waals surface area (Å²) in [6.07, 6.45) is 2.03. The highest BCUT2D eigenvalue weighted by molar-refractivity contribution is 7.89. The molecule has 1 aliphatic carbocycles. The van der Waals surface area contributed by atoms with Crippen molar-refractivity contribution in [2.75, 3.05) is 51.2 Å². The van der Waals surface area contributed by atoms with E-state index >= 15 is 0 Å². The van der Waals surface area contributed by atoms with Crippen molar-refractivity contribution in [1.29, 1.82) is 0 Å². The number of amides is 1. The van der Waals surface area contributed by atoms with Crippen LogP contribution < -0.4 is 20.1 Å². The quantitative estimate of drug-likeness (QED) is 0.302. The van der Waals surface area contributed by atoms with E-state index in [0.29, 0.717) is 44.4 Å². The molecule has 3 aliphatic rings. The van der Waals surface area contributed by atoms with Crippen molar-refractivity contribution in [3.05, 3.63) is 59.8 Å². The number of rotatable bonds is 7. The minimum Gasteiger partial charge on any atom is -0.497 e. The number of nitrogens with zero attached hydrogens (tertiary/aromatic N) is 3. The van der Waals surface area contributed by atoms with Gasteiger partial charge in [-0.1, -0.05) is 6.07 Å². The van der Waals surface area contributed by atoms with E-state index in [1.807, 2.05) is 36.4 Å². The number of aromatic nitrogens is 3. The van der Waals surface area contributed by atoms with E-state index in [4.69, 9.17) is 14.2 Å². The summed E-state index contributed by atoms with van der Waals surface area (Å²) in [7, 11) is -0.648. The number of methoxy groups -OCH3 is 2. The molecule has 41 heavy (non-hydrogen) atoms. The Morgan fingerprint density at radius 3 is 2.68 bits per heavy atom. The maximum Gasteiger partial charge on any atom is 0.244 e. The summed E-state index contributed by atoms with van der Waals surface area (Å²) in [5, 5.41) is 14.5. The van der Waals surface area contributed by atoms with Gasteiger partial charge in [0.05, 0.1) is 38.4 Å². The largest absolute Gasteiger partial charge is 0.497 e. The van der Waals surface area contributed by atoms with E-state index in [2.05, 4.69) is 25.8 Å². The highest BCUT2D eigenvalue weighted by Gasteiger charge is 2.65. The Morgan fingerprint density at radius 1 is 1.07 bits per heavy atom. The van der Waals surface area contributed by atoms with E-state index in [9.17, 15) is 13.2 Å². The Morgan fingerprint density at radius 2 is 1.90 bits per heavy atom. The number of ether oxygens (including phenoxy) is 3. The number of hydrogen-bond acceptors (Lipinski definition) is 9. The Bertz CT molecular complexity index is 1800. The molecule has 1 amide bonds. The zero-order valence-corrected chi connectivity index (χ0v) is 23.2. The van der Waals surface area contributed by atoms with Crippen LogP contribution in [0, 0.1) is 0 Å². The number of carbonyl (C=O) groups is 1. The Labute approximate surface area is 236 Å². The van der Waals surface area contributed by atoms with E-state index in [0.717, 1.165) is 33.5 Å². The highest BCUT2D eigenvalue weighted by atomic mass is 32.2. The van der Waals surface area contributed by atoms with Gasteiger partial charge in [0.1, 0.15) is 10.6 Å². The van der Waals surface area contributed by atoms with Gasteiger partial charge in [0.25, 0.3) is 0 Å². The molecule has 4 aromatic rings. The van der Waals surface area contributed by atoms with Gasteiger partial charge >= 0.3 is 0 Å². The minimum atomic E-state index is -3.73. The van der Waals surface area contributed by atoms with Crippen molar-refractivity contribution in [3.8, 4) is 11.5 Å². The number of carbonyl (C=O) groups excluding carboxylic acids is 1. The predicted molar refractivity (Wildman–Crippen MR) is 150 cm³/mol. The second kappa shape index (κ2) is 9.43. The molecule has 2 aliphatic heterocycles. The van der Waals surface area contributed by atoms with Gasteiger partial charge in [0, 0.05) is 42.3 Å². The summed E-state index contributed by atoms with van der Waals surface area (Å²) < 4.78 is 43.7. The van der Waals surface area contributed by atoms with E-state index < -0.39 is 15.4 Å². The fourth-order valence-electron chi connectivity index (χ4n) is 5.91. The number of sulfonamides is 1. The Kier molecular flexibility index (Phi) is 5.92. The van der Waals surface area contributed by atoms with E-state index in [1.54, 1.807) is 7.11 Å². The molecule has 4 heterocycles. The number of pyridine rings is 1. The average Bonchev–Trinajstić information content (AvgIpc) is 3.55. The van der Waals surface area contributed by atoms with Crippen LogP contribution in [0.15, 0.2) is 53.6 Å². The summed E-state index contributed by atoms with van der Waals surface area (Å²) >= 11 is 0. The number of H-pyrrole nitrogens is 1. The molecule has 2 fully saturated rings. The Balaban J connectivity index is 1.15. The standard InChI is InChI=1S/C28H28N6O6S/c1-38-17-4-6-22-20(12-17)28(27(35)30-22)14-21(28)16-3-5-19-23(11-16)32-33-25(19)31-26-24(39-2)13-18(15-29-26)41(36,37)34-7-9-40-10-8-34/h3-6,11-13,15,21H,7-10,14H2,1-2H3,(H,30,35)(H2,29,31,32,33)/t21-,28-/m0/s1. The predicted octanol–water partition coefficient (Wildman–Crippen LogP) is 3.12. The molecule has 212 valence electrons. The molecule has 0 unspecified atom stereocenters. The number of anilines is 3. The van der Waals surface area contributed by atoms with Crippen LogP contribution in [0.1, 0.15) is 23.5 Å². The number of aromatic amines is 1. The molecule has 3 N–H and O–H groups in total. The molecular weight excluding hydrogens is 548 g/mol. The SMILES string of the molecule is COc1ccc2c(c1)[C@]1(C[C@H]1c1ccc3c(Nc4ncc(S(=O)(=O)N5CCOCC5)cc4OC)n[nH]c3c1)C(=O)N2. The van der Waals surface area contributed by atoms with Crippen LogP contribution in [0.4, 0.5) is 17.3 Å². The topological polar surface area (TPSA) is 148 Å². The first-order valence-electron chi connectivity index (χ1n) is 13.2. The van der Waals surface area contributed by atoms with E-state index in [1.165, 1.54) is 23.7 Å². The number of morpholine rings is 1. The van der Waals surface area contributed by atoms with Crippen molar-refractivity contribution in [1.82, 2.24) is 19.5 Å². The van der Waals surface area contributed by atoms with Crippen LogP contribution in [0.5, 0.6) is 11.5 Å². The lowest BCUT2D eigenvalue weighted by Crippen LogP contribution is -2.40. The van der Waals surface area contributed by atoms with Gasteiger partial charge in [-0.15, -0.1) is 0 Å². The molecule has 7 rings (SSSR count). The second-order valence-corrected chi connectivity index (χ2v) is 12.3. The van der Waals surface area contributed by atoms with Gasteiger partial charge in [0.2, 0.25) is 15.9 Å². The summed E-state index contributed by atoms with van der Waals surface area (Å²) in [6.45, 7) is 1.29. The van der Waals surface area contributed by atoms with E-state index in [-0.39, 0.29) is 22.5 Å². The summed E-state index contributed by atoms with van der Waals surface area (Å²) in [6, 6.07) is 13.1. The number of benzene rings is 2. The molecule has 2 aromatic carbocycles. The van der Waals surface area contributed by atoms with Crippen molar-refractivity contribution in [2.24, 2.45) is 0 Å². The molecular formula is C28H28N6O6S. The van der Waals surface area contributed by atoms with Gasteiger partial charge in [0.15, 0.2) is 17.4 Å². The van der Waals surface area contributed by atoms with Gasteiger partial charge in [-0.25, -0.2) is 13.4 Å². The van der Waals surface area contributed by atoms with Crippen molar-refractivity contribution >= 4 is 44.2 Å². The van der Waals surface area contributed by atoms with Crippen molar-refractivity contribution in [2.45, 2.75) is 22.6 Å². The molecule has 1 saturated heterocycles. The maximum atomic E-state index is 13.1. The minimum absolute atomic E-state index is 0.00932. The third kappa shape index (κ3) is 4.03. The third-order valence-corrected chi connectivity index (χ3v) is 10.1. The molecule has 1 saturated carbocycles. The maximum absolute atomic E-state index is 13.1. The smallest absolute Gasteiger partial charge is 0.244 e. The zero-order chi connectivity index (χ0) is 28.4. The Hall–Kier alpha value is -4.20. The first-order valence-corrected chi connectivity index (χ1v) is 14.7. The fraction of sp³-hybridized carbons (Fsp3) is 0.321. The van der Waals surface area contributed by atoms with Crippen molar-refractivity contribution in [3.63, 3.8) is 0 Å². The van der Waals surface area contributed by atoms with Gasteiger partial charge in [-0.05, 0) is 47.9 Å². The second-order valence-electron chi connectivity index (χ2n) is 10.3. The number of nitrogens with one attached hydrogen (secondary N) is 3. The molecule has 2 aromatic heterocycles. The van der Waals surface area contributed by atoms with Gasteiger partial charge in [-0.2, -0.15) is 9.40 Å². The van der Waals surface area contributed by atoms with Crippen LogP contribution in [0.3, 0.4) is 0 Å². The third-order valence-electron chi connectivity index (χ3n) is 8.20. The van der Waals surface area contributed by atoms with Crippen LogP contribution in [-0.2, 0) is 25.0 Å². The normalized spacial score (nSPS) is 22.0. The molecule has 13 heteroatoms. The summed E-state index contributed by atoms with van der Waals surface area (Å²) in [5.41, 5.74) is 3.03. The highest BCUT2D eigenvalue weighted by Crippen LogP contribution is 2.65. The first kappa shape index (κ1) is 25.7. The zero-order valence-electron chi connectivity index (χ0n) is 22.4. The summed E-state index contributed by atoms with van der Waals surface area (Å²) in [4.78, 5) is 17.5. The van der Waals surface area contributed by atoms with Crippen LogP contribution in [0.25, 0.3) is 10.9 Å². The number of hydrogen-bond donors (Lipinski definition) is 3. The van der Waals surface area contributed by atoms with Crippen LogP contribution in [-0.4, -0.2) is 74.3 Å².